The second-order valence-electron chi connectivity index (χ2n) is 5.14. The molecule has 0 amide bonds. The van der Waals surface area contributed by atoms with E-state index in [1.54, 1.807) is 17.5 Å². The number of rotatable bonds is 5. The van der Waals surface area contributed by atoms with Crippen molar-refractivity contribution in [3.8, 4) is 0 Å². The number of nitrogens with zero attached hydrogens (tertiary/aromatic N) is 3. The van der Waals surface area contributed by atoms with Crippen LogP contribution in [-0.4, -0.2) is 44.7 Å². The Balaban J connectivity index is 1.74. The smallest absolute Gasteiger partial charge is 0.250 e. The number of aryl methyl sites for hydroxylation is 1. The highest BCUT2D eigenvalue weighted by atomic mass is 32.2. The van der Waals surface area contributed by atoms with Crippen molar-refractivity contribution < 1.29 is 13.2 Å². The van der Waals surface area contributed by atoms with Gasteiger partial charge >= 0.3 is 0 Å². The van der Waals surface area contributed by atoms with E-state index in [0.29, 0.717) is 23.2 Å². The number of nitrogens with one attached hydrogen (secondary N) is 1. The van der Waals surface area contributed by atoms with Crippen molar-refractivity contribution in [1.29, 1.82) is 0 Å². The normalized spacial score (nSPS) is 15.8. The van der Waals surface area contributed by atoms with Gasteiger partial charge in [0.15, 0.2) is 0 Å². The molecule has 3 rings (SSSR count). The Bertz CT molecular complexity index is 756. The van der Waals surface area contributed by atoms with E-state index in [4.69, 9.17) is 4.74 Å². The lowest BCUT2D eigenvalue weighted by molar-refractivity contribution is 0.122. The molecule has 1 N–H and O–H groups in total. The molecule has 3 heterocycles. The predicted octanol–water partition coefficient (Wildman–Crippen LogP) is 1.16. The summed E-state index contributed by atoms with van der Waals surface area (Å²) in [6.45, 7) is 4.84. The van der Waals surface area contributed by atoms with Crippen molar-refractivity contribution in [2.45, 2.75) is 17.7 Å². The summed E-state index contributed by atoms with van der Waals surface area (Å²) < 4.78 is 32.5. The van der Waals surface area contributed by atoms with Crippen LogP contribution in [0.3, 0.4) is 0 Å². The molecule has 0 radical (unpaired) electrons. The molecule has 2 aromatic heterocycles. The lowest BCUT2D eigenvalue weighted by Gasteiger charge is -2.28. The molecule has 124 valence electrons. The molecule has 2 aromatic rings. The molecule has 23 heavy (non-hydrogen) atoms. The monoisotopic (exact) mass is 354 g/mol. The highest BCUT2D eigenvalue weighted by Gasteiger charge is 2.17. The molecule has 0 aromatic carbocycles. The van der Waals surface area contributed by atoms with Crippen LogP contribution in [0.4, 0.5) is 5.82 Å². The fraction of sp³-hybridized carbons (Fsp3) is 0.429. The van der Waals surface area contributed by atoms with Crippen LogP contribution >= 0.6 is 11.3 Å². The molecule has 1 aliphatic rings. The first-order valence-corrected chi connectivity index (χ1v) is 9.61. The number of ether oxygens (including phenoxy) is 1. The van der Waals surface area contributed by atoms with E-state index < -0.39 is 10.0 Å². The van der Waals surface area contributed by atoms with Crippen LogP contribution in [0, 0.1) is 6.92 Å². The van der Waals surface area contributed by atoms with Crippen LogP contribution < -0.4 is 9.62 Å². The zero-order chi connectivity index (χ0) is 16.3. The van der Waals surface area contributed by atoms with Crippen molar-refractivity contribution >= 4 is 27.2 Å². The maximum Gasteiger partial charge on any atom is 0.250 e. The fourth-order valence-corrected chi connectivity index (χ4v) is 4.31. The highest BCUT2D eigenvalue weighted by molar-refractivity contribution is 7.91. The van der Waals surface area contributed by atoms with Crippen LogP contribution in [0.1, 0.15) is 11.5 Å². The molecule has 0 aliphatic carbocycles. The Morgan fingerprint density at radius 2 is 2.13 bits per heavy atom. The fourth-order valence-electron chi connectivity index (χ4n) is 2.29. The number of anilines is 1. The first-order valence-electron chi connectivity index (χ1n) is 7.25. The minimum atomic E-state index is -3.51. The van der Waals surface area contributed by atoms with Gasteiger partial charge in [-0.05, 0) is 18.4 Å². The average Bonchev–Trinajstić information content (AvgIpc) is 3.09. The van der Waals surface area contributed by atoms with E-state index in [1.807, 2.05) is 13.0 Å². The molecular weight excluding hydrogens is 336 g/mol. The first-order chi connectivity index (χ1) is 11.0. The largest absolute Gasteiger partial charge is 0.378 e. The van der Waals surface area contributed by atoms with E-state index >= 15 is 0 Å². The van der Waals surface area contributed by atoms with Gasteiger partial charge in [-0.25, -0.2) is 23.1 Å². The van der Waals surface area contributed by atoms with Crippen LogP contribution in [0.25, 0.3) is 0 Å². The molecule has 1 saturated heterocycles. The molecule has 0 atom stereocenters. The lowest BCUT2D eigenvalue weighted by atomic mass is 10.3. The number of hydrogen-bond donors (Lipinski definition) is 1. The van der Waals surface area contributed by atoms with E-state index in [1.165, 1.54) is 11.3 Å². The van der Waals surface area contributed by atoms with Gasteiger partial charge in [0.05, 0.1) is 19.8 Å². The van der Waals surface area contributed by atoms with E-state index in [-0.39, 0.29) is 6.54 Å². The average molecular weight is 354 g/mol. The molecule has 0 spiro atoms. The Morgan fingerprint density at radius 3 is 2.83 bits per heavy atom. The number of thiophene rings is 1. The van der Waals surface area contributed by atoms with Gasteiger partial charge in [-0.2, -0.15) is 0 Å². The summed E-state index contributed by atoms with van der Waals surface area (Å²) in [6, 6.07) is 5.19. The zero-order valence-electron chi connectivity index (χ0n) is 12.7. The Kier molecular flexibility index (Phi) is 4.90. The summed E-state index contributed by atoms with van der Waals surface area (Å²) in [5, 5.41) is 1.73. The summed E-state index contributed by atoms with van der Waals surface area (Å²) in [7, 11) is -3.51. The van der Waals surface area contributed by atoms with Crippen molar-refractivity contribution in [2.75, 3.05) is 31.2 Å². The summed E-state index contributed by atoms with van der Waals surface area (Å²) in [4.78, 5) is 10.9. The van der Waals surface area contributed by atoms with Crippen LogP contribution in [-0.2, 0) is 21.3 Å². The molecule has 0 bridgehead atoms. The number of morpholine rings is 1. The minimum absolute atomic E-state index is 0.0687. The Hall–Kier alpha value is -1.55. The van der Waals surface area contributed by atoms with Gasteiger partial charge in [0, 0.05) is 24.8 Å². The lowest BCUT2D eigenvalue weighted by Crippen LogP contribution is -2.37. The van der Waals surface area contributed by atoms with Crippen molar-refractivity contribution in [1.82, 2.24) is 14.7 Å². The second kappa shape index (κ2) is 6.91. The van der Waals surface area contributed by atoms with E-state index in [0.717, 1.165) is 24.6 Å². The van der Waals surface area contributed by atoms with Gasteiger partial charge in [0.25, 0.3) is 0 Å². The third-order valence-electron chi connectivity index (χ3n) is 3.40. The third-order valence-corrected chi connectivity index (χ3v) is 6.20. The molecular formula is C14H18N4O3S2. The highest BCUT2D eigenvalue weighted by Crippen LogP contribution is 2.17. The van der Waals surface area contributed by atoms with Crippen molar-refractivity contribution in [3.63, 3.8) is 0 Å². The second-order valence-corrected chi connectivity index (χ2v) is 8.08. The molecule has 0 saturated carbocycles. The molecule has 7 nitrogen and oxygen atoms in total. The van der Waals surface area contributed by atoms with Gasteiger partial charge in [-0.3, -0.25) is 0 Å². The Morgan fingerprint density at radius 1 is 1.35 bits per heavy atom. The summed E-state index contributed by atoms with van der Waals surface area (Å²) >= 11 is 1.18. The number of hydrogen-bond acceptors (Lipinski definition) is 7. The topological polar surface area (TPSA) is 84.4 Å². The maximum atomic E-state index is 12.2. The molecule has 1 fully saturated rings. The SMILES string of the molecule is Cc1cc(N2CCOCC2)nc(CNS(=O)(=O)c2cccs2)n1. The van der Waals surface area contributed by atoms with Gasteiger partial charge in [-0.1, -0.05) is 6.07 Å². The van der Waals surface area contributed by atoms with E-state index in [2.05, 4.69) is 19.6 Å². The third kappa shape index (κ3) is 4.05. The number of sulfonamides is 1. The van der Waals surface area contributed by atoms with E-state index in [9.17, 15) is 8.42 Å². The Labute approximate surface area is 139 Å². The van der Waals surface area contributed by atoms with Gasteiger partial charge in [0.1, 0.15) is 15.9 Å². The van der Waals surface area contributed by atoms with Crippen LogP contribution in [0.5, 0.6) is 0 Å². The quantitative estimate of drug-likeness (QED) is 0.867. The van der Waals surface area contributed by atoms with Crippen molar-refractivity contribution in [2.24, 2.45) is 0 Å². The van der Waals surface area contributed by atoms with Crippen LogP contribution in [0.2, 0.25) is 0 Å². The maximum absolute atomic E-state index is 12.2. The zero-order valence-corrected chi connectivity index (χ0v) is 14.4. The van der Waals surface area contributed by atoms with Gasteiger partial charge in [-0.15, -0.1) is 11.3 Å². The van der Waals surface area contributed by atoms with Gasteiger partial charge in [0.2, 0.25) is 10.0 Å². The van der Waals surface area contributed by atoms with Crippen LogP contribution in [0.15, 0.2) is 27.8 Å². The summed E-state index contributed by atoms with van der Waals surface area (Å²) in [5.41, 5.74) is 0.812. The molecule has 0 unspecified atom stereocenters. The summed E-state index contributed by atoms with van der Waals surface area (Å²) in [6.07, 6.45) is 0. The standard InChI is InChI=1S/C14H18N4O3S2/c1-11-9-13(18-4-6-21-7-5-18)17-12(16-11)10-15-23(19,20)14-3-2-8-22-14/h2-3,8-9,15H,4-7,10H2,1H3. The van der Waals surface area contributed by atoms with Gasteiger partial charge < -0.3 is 9.64 Å². The summed E-state index contributed by atoms with van der Waals surface area (Å²) in [5.74, 6) is 1.28. The van der Waals surface area contributed by atoms with Crippen molar-refractivity contribution in [3.05, 3.63) is 35.1 Å². The first kappa shape index (κ1) is 16.3. The predicted molar refractivity (Wildman–Crippen MR) is 88.1 cm³/mol. The molecule has 9 heteroatoms. The minimum Gasteiger partial charge on any atom is -0.378 e. The number of aromatic nitrogens is 2. The molecule has 1 aliphatic heterocycles.